The molecule has 0 aliphatic carbocycles. The first-order chi connectivity index (χ1) is 12.5. The van der Waals surface area contributed by atoms with Gasteiger partial charge in [0.1, 0.15) is 5.75 Å². The monoisotopic (exact) mass is 372 g/mol. The topological polar surface area (TPSA) is 58.6 Å². The van der Waals surface area contributed by atoms with Crippen LogP contribution in [0.15, 0.2) is 48.5 Å². The molecular formula is C20H21ClN2O3. The smallest absolute Gasteiger partial charge is 0.257 e. The van der Waals surface area contributed by atoms with Crippen LogP contribution < -0.4 is 15.0 Å². The van der Waals surface area contributed by atoms with Crippen LogP contribution in [0.1, 0.15) is 12.0 Å². The quantitative estimate of drug-likeness (QED) is 0.847. The molecule has 1 unspecified atom stereocenters. The van der Waals surface area contributed by atoms with Gasteiger partial charge in [-0.15, -0.1) is 0 Å². The molecule has 26 heavy (non-hydrogen) atoms. The fourth-order valence-electron chi connectivity index (χ4n) is 2.96. The molecule has 3 rings (SSSR count). The fraction of sp³-hybridized carbons (Fsp3) is 0.300. The number of nitrogens with one attached hydrogen (secondary N) is 1. The predicted molar refractivity (Wildman–Crippen MR) is 102 cm³/mol. The number of benzene rings is 2. The molecule has 1 saturated heterocycles. The van der Waals surface area contributed by atoms with Crippen molar-refractivity contribution in [2.75, 3.05) is 24.6 Å². The van der Waals surface area contributed by atoms with Gasteiger partial charge in [0.15, 0.2) is 6.61 Å². The van der Waals surface area contributed by atoms with E-state index in [4.69, 9.17) is 16.3 Å². The number of aryl methyl sites for hydroxylation is 1. The molecule has 1 aliphatic heterocycles. The Labute approximate surface area is 157 Å². The number of amides is 2. The zero-order chi connectivity index (χ0) is 18.5. The summed E-state index contributed by atoms with van der Waals surface area (Å²) in [6.45, 7) is 2.93. The molecule has 2 aromatic carbocycles. The van der Waals surface area contributed by atoms with E-state index in [-0.39, 0.29) is 24.3 Å². The number of rotatable bonds is 6. The van der Waals surface area contributed by atoms with E-state index in [1.807, 2.05) is 43.3 Å². The number of anilines is 1. The van der Waals surface area contributed by atoms with Gasteiger partial charge in [-0.3, -0.25) is 9.59 Å². The van der Waals surface area contributed by atoms with Crippen molar-refractivity contribution in [2.24, 2.45) is 5.92 Å². The number of nitrogens with zero attached hydrogens (tertiary/aromatic N) is 1. The van der Waals surface area contributed by atoms with Crippen LogP contribution in [-0.2, 0) is 9.59 Å². The molecule has 6 heteroatoms. The van der Waals surface area contributed by atoms with Crippen LogP contribution in [0.5, 0.6) is 5.75 Å². The van der Waals surface area contributed by atoms with E-state index in [2.05, 4.69) is 5.32 Å². The van der Waals surface area contributed by atoms with Crippen molar-refractivity contribution in [1.82, 2.24) is 5.32 Å². The first-order valence-electron chi connectivity index (χ1n) is 8.54. The largest absolute Gasteiger partial charge is 0.484 e. The number of hydrogen-bond donors (Lipinski definition) is 1. The third kappa shape index (κ3) is 4.55. The van der Waals surface area contributed by atoms with Crippen LogP contribution in [0.2, 0.25) is 5.02 Å². The molecule has 0 saturated carbocycles. The van der Waals surface area contributed by atoms with Crippen molar-refractivity contribution >= 4 is 29.1 Å². The van der Waals surface area contributed by atoms with Crippen LogP contribution in [-0.4, -0.2) is 31.5 Å². The average Bonchev–Trinajstić information content (AvgIpc) is 3.01. The Bertz CT molecular complexity index is 792. The summed E-state index contributed by atoms with van der Waals surface area (Å²) in [5, 5.41) is 3.49. The lowest BCUT2D eigenvalue weighted by Gasteiger charge is -2.17. The van der Waals surface area contributed by atoms with Gasteiger partial charge in [0, 0.05) is 36.1 Å². The van der Waals surface area contributed by atoms with Crippen LogP contribution in [0, 0.1) is 12.8 Å². The second-order valence-corrected chi connectivity index (χ2v) is 6.85. The molecule has 1 aliphatic rings. The normalized spacial score (nSPS) is 16.6. The molecule has 1 N–H and O–H groups in total. The minimum absolute atomic E-state index is 0.0353. The summed E-state index contributed by atoms with van der Waals surface area (Å²) < 4.78 is 5.53. The van der Waals surface area contributed by atoms with Crippen molar-refractivity contribution < 1.29 is 14.3 Å². The lowest BCUT2D eigenvalue weighted by atomic mass is 10.1. The molecule has 5 nitrogen and oxygen atoms in total. The first-order valence-corrected chi connectivity index (χ1v) is 8.92. The van der Waals surface area contributed by atoms with Crippen LogP contribution in [0.4, 0.5) is 5.69 Å². The summed E-state index contributed by atoms with van der Waals surface area (Å²) >= 11 is 5.89. The summed E-state index contributed by atoms with van der Waals surface area (Å²) in [4.78, 5) is 26.0. The van der Waals surface area contributed by atoms with E-state index in [0.29, 0.717) is 30.3 Å². The van der Waals surface area contributed by atoms with Gasteiger partial charge in [-0.1, -0.05) is 29.8 Å². The lowest BCUT2D eigenvalue weighted by molar-refractivity contribution is -0.123. The maximum Gasteiger partial charge on any atom is 0.257 e. The Kier molecular flexibility index (Phi) is 5.78. The molecule has 0 spiro atoms. The summed E-state index contributed by atoms with van der Waals surface area (Å²) in [6, 6.07) is 14.8. The Morgan fingerprint density at radius 2 is 1.96 bits per heavy atom. The summed E-state index contributed by atoms with van der Waals surface area (Å²) in [6.07, 6.45) is 0.418. The summed E-state index contributed by atoms with van der Waals surface area (Å²) in [5.41, 5.74) is 1.82. The molecular weight excluding hydrogens is 352 g/mol. The molecule has 2 aromatic rings. The van der Waals surface area contributed by atoms with Gasteiger partial charge in [0.2, 0.25) is 5.91 Å². The molecule has 136 valence electrons. The number of carbonyl (C=O) groups is 2. The van der Waals surface area contributed by atoms with E-state index < -0.39 is 0 Å². The number of halogens is 1. The maximum absolute atomic E-state index is 12.2. The highest BCUT2D eigenvalue weighted by molar-refractivity contribution is 6.30. The predicted octanol–water partition coefficient (Wildman–Crippen LogP) is 3.20. The van der Waals surface area contributed by atoms with E-state index in [0.717, 1.165) is 11.3 Å². The third-order valence-corrected chi connectivity index (χ3v) is 4.64. The van der Waals surface area contributed by atoms with Crippen LogP contribution in [0.25, 0.3) is 0 Å². The molecule has 0 bridgehead atoms. The lowest BCUT2D eigenvalue weighted by Crippen LogP contribution is -2.34. The van der Waals surface area contributed by atoms with Gasteiger partial charge < -0.3 is 15.0 Å². The summed E-state index contributed by atoms with van der Waals surface area (Å²) in [7, 11) is 0. The zero-order valence-corrected chi connectivity index (χ0v) is 15.3. The number of para-hydroxylation sites is 1. The van der Waals surface area contributed by atoms with E-state index in [9.17, 15) is 9.59 Å². The van der Waals surface area contributed by atoms with Crippen LogP contribution >= 0.6 is 11.6 Å². The maximum atomic E-state index is 12.2. The van der Waals surface area contributed by atoms with E-state index in [1.54, 1.807) is 17.0 Å². The molecule has 1 atom stereocenters. The van der Waals surface area contributed by atoms with Gasteiger partial charge in [-0.05, 0) is 42.8 Å². The van der Waals surface area contributed by atoms with Gasteiger partial charge in [0.05, 0.1) is 0 Å². The highest BCUT2D eigenvalue weighted by Crippen LogP contribution is 2.26. The third-order valence-electron chi connectivity index (χ3n) is 4.38. The van der Waals surface area contributed by atoms with Gasteiger partial charge in [-0.2, -0.15) is 0 Å². The minimum atomic E-state index is -0.189. The number of carbonyl (C=O) groups excluding carboxylic acids is 2. The highest BCUT2D eigenvalue weighted by atomic mass is 35.5. The highest BCUT2D eigenvalue weighted by Gasteiger charge is 2.30. The van der Waals surface area contributed by atoms with Gasteiger partial charge >= 0.3 is 0 Å². The number of hydrogen-bond acceptors (Lipinski definition) is 3. The second-order valence-electron chi connectivity index (χ2n) is 6.41. The molecule has 1 heterocycles. The van der Waals surface area contributed by atoms with Crippen molar-refractivity contribution in [2.45, 2.75) is 13.3 Å². The van der Waals surface area contributed by atoms with Crippen LogP contribution in [0.3, 0.4) is 0 Å². The van der Waals surface area contributed by atoms with Crippen molar-refractivity contribution in [1.29, 1.82) is 0 Å². The second kappa shape index (κ2) is 8.23. The molecule has 0 radical (unpaired) electrons. The summed E-state index contributed by atoms with van der Waals surface area (Å²) in [5.74, 6) is 0.654. The Morgan fingerprint density at radius 3 is 2.69 bits per heavy atom. The average molecular weight is 373 g/mol. The Balaban J connectivity index is 1.46. The molecule has 2 amide bonds. The molecule has 0 aromatic heterocycles. The first kappa shape index (κ1) is 18.3. The zero-order valence-electron chi connectivity index (χ0n) is 14.6. The van der Waals surface area contributed by atoms with Crippen molar-refractivity contribution in [3.8, 4) is 5.75 Å². The van der Waals surface area contributed by atoms with Gasteiger partial charge in [0.25, 0.3) is 5.91 Å². The Morgan fingerprint density at radius 1 is 1.23 bits per heavy atom. The fourth-order valence-corrected chi connectivity index (χ4v) is 3.09. The SMILES string of the molecule is Cc1ccccc1OCC(=O)NCC1CC(=O)N(c2ccc(Cl)cc2)C1. The van der Waals surface area contributed by atoms with Crippen molar-refractivity contribution in [3.63, 3.8) is 0 Å². The van der Waals surface area contributed by atoms with E-state index in [1.165, 1.54) is 0 Å². The number of ether oxygens (including phenoxy) is 1. The standard InChI is InChI=1S/C20H21ClN2O3/c1-14-4-2-3-5-18(14)26-13-19(24)22-11-15-10-20(25)23(12-15)17-8-6-16(21)7-9-17/h2-9,15H,10-13H2,1H3,(H,22,24). The van der Waals surface area contributed by atoms with Gasteiger partial charge in [-0.25, -0.2) is 0 Å². The minimum Gasteiger partial charge on any atom is -0.484 e. The Hall–Kier alpha value is -2.53. The van der Waals surface area contributed by atoms with E-state index >= 15 is 0 Å². The molecule has 1 fully saturated rings. The van der Waals surface area contributed by atoms with Crippen molar-refractivity contribution in [3.05, 3.63) is 59.1 Å².